The number of hydrogen-bond acceptors (Lipinski definition) is 3. The largest absolute Gasteiger partial charge is 0.478 e. The first-order chi connectivity index (χ1) is 9.56. The molecule has 0 radical (unpaired) electrons. The van der Waals surface area contributed by atoms with Gasteiger partial charge in [0.15, 0.2) is 0 Å². The zero-order valence-electron chi connectivity index (χ0n) is 12.5. The van der Waals surface area contributed by atoms with Crippen LogP contribution in [0.3, 0.4) is 0 Å². The molecule has 1 aromatic carbocycles. The minimum absolute atomic E-state index is 0.0262. The van der Waals surface area contributed by atoms with Gasteiger partial charge in [-0.05, 0) is 36.5 Å². The van der Waals surface area contributed by atoms with Crippen molar-refractivity contribution in [2.24, 2.45) is 11.8 Å². The summed E-state index contributed by atoms with van der Waals surface area (Å²) in [6.45, 7) is 7.93. The highest BCUT2D eigenvalue weighted by Crippen LogP contribution is 2.25. The molecule has 0 aliphatic carbocycles. The molecule has 0 saturated heterocycles. The van der Waals surface area contributed by atoms with Crippen LogP contribution in [0.5, 0.6) is 0 Å². The third kappa shape index (κ3) is 4.52. The summed E-state index contributed by atoms with van der Waals surface area (Å²) in [5, 5.41) is 9.14. The molecule has 0 bridgehead atoms. The average Bonchev–Trinajstić information content (AvgIpc) is 2.38. The Morgan fingerprint density at radius 3 is 2.38 bits per heavy atom. The van der Waals surface area contributed by atoms with Crippen molar-refractivity contribution in [3.8, 4) is 0 Å². The molecule has 118 valence electrons. The van der Waals surface area contributed by atoms with Crippen LogP contribution in [0.15, 0.2) is 21.5 Å². The maximum Gasteiger partial charge on any atom is 0.336 e. The molecule has 1 aromatic rings. The SMILES string of the molecule is Cc1c(Br)cc(S(=O)(=O)NCC(C)C(C)C)cc1C(=O)O. The summed E-state index contributed by atoms with van der Waals surface area (Å²) < 4.78 is 27.5. The number of rotatable bonds is 6. The Balaban J connectivity index is 3.12. The lowest BCUT2D eigenvalue weighted by molar-refractivity contribution is 0.0695. The Kier molecular flexibility index (Phi) is 5.95. The molecule has 1 rings (SSSR count). The molecule has 0 aromatic heterocycles. The number of nitrogens with one attached hydrogen (secondary N) is 1. The van der Waals surface area contributed by atoms with E-state index in [2.05, 4.69) is 20.7 Å². The molecule has 0 fully saturated rings. The van der Waals surface area contributed by atoms with Crippen LogP contribution in [0, 0.1) is 18.8 Å². The van der Waals surface area contributed by atoms with Crippen LogP contribution >= 0.6 is 15.9 Å². The molecule has 21 heavy (non-hydrogen) atoms. The molecule has 2 N–H and O–H groups in total. The van der Waals surface area contributed by atoms with Gasteiger partial charge < -0.3 is 5.11 Å². The molecule has 1 atom stereocenters. The van der Waals surface area contributed by atoms with Crippen LogP contribution in [0.4, 0.5) is 0 Å². The van der Waals surface area contributed by atoms with Gasteiger partial charge in [-0.3, -0.25) is 0 Å². The van der Waals surface area contributed by atoms with E-state index in [1.165, 1.54) is 12.1 Å². The Morgan fingerprint density at radius 2 is 1.90 bits per heavy atom. The third-order valence-corrected chi connectivity index (χ3v) is 5.82. The minimum atomic E-state index is -3.73. The monoisotopic (exact) mass is 377 g/mol. The van der Waals surface area contributed by atoms with E-state index in [0.717, 1.165) is 0 Å². The van der Waals surface area contributed by atoms with Crippen molar-refractivity contribution in [3.63, 3.8) is 0 Å². The van der Waals surface area contributed by atoms with Gasteiger partial charge >= 0.3 is 5.97 Å². The normalized spacial score (nSPS) is 13.4. The van der Waals surface area contributed by atoms with Crippen molar-refractivity contribution in [1.82, 2.24) is 4.72 Å². The number of carbonyl (C=O) groups is 1. The van der Waals surface area contributed by atoms with Crippen LogP contribution < -0.4 is 4.72 Å². The first kappa shape index (κ1) is 18.1. The second-order valence-corrected chi connectivity index (χ2v) is 8.08. The Morgan fingerprint density at radius 1 is 1.33 bits per heavy atom. The first-order valence-electron chi connectivity index (χ1n) is 6.59. The molecule has 0 aliphatic rings. The molecular weight excluding hydrogens is 358 g/mol. The Labute approximate surface area is 133 Å². The number of halogens is 1. The molecular formula is C14H20BrNO4S. The molecule has 7 heteroatoms. The van der Waals surface area contributed by atoms with Crippen molar-refractivity contribution in [1.29, 1.82) is 0 Å². The number of sulfonamides is 1. The summed E-state index contributed by atoms with van der Waals surface area (Å²) in [6.07, 6.45) is 0. The van der Waals surface area contributed by atoms with Gasteiger partial charge in [0.05, 0.1) is 10.5 Å². The molecule has 5 nitrogen and oxygen atoms in total. The zero-order chi connectivity index (χ0) is 16.4. The standard InChI is InChI=1S/C14H20BrNO4S/c1-8(2)9(3)7-16-21(19,20)11-5-12(14(17)18)10(4)13(15)6-11/h5-6,8-9,16H,7H2,1-4H3,(H,17,18). The van der Waals surface area contributed by atoms with E-state index in [0.29, 0.717) is 22.5 Å². The molecule has 0 heterocycles. The van der Waals surface area contributed by atoms with Crippen molar-refractivity contribution >= 4 is 31.9 Å². The van der Waals surface area contributed by atoms with E-state index in [4.69, 9.17) is 5.11 Å². The highest BCUT2D eigenvalue weighted by atomic mass is 79.9. The van der Waals surface area contributed by atoms with Crippen molar-refractivity contribution in [2.45, 2.75) is 32.6 Å². The van der Waals surface area contributed by atoms with Crippen LogP contribution in [0.2, 0.25) is 0 Å². The van der Waals surface area contributed by atoms with E-state index in [1.807, 2.05) is 20.8 Å². The van der Waals surface area contributed by atoms with Crippen LogP contribution in [-0.4, -0.2) is 26.0 Å². The predicted molar refractivity (Wildman–Crippen MR) is 85.0 cm³/mol. The van der Waals surface area contributed by atoms with Gasteiger partial charge in [-0.2, -0.15) is 0 Å². The number of carboxylic acid groups (broad SMARTS) is 1. The molecule has 0 amide bonds. The summed E-state index contributed by atoms with van der Waals surface area (Å²) in [7, 11) is -3.73. The Bertz CT molecular complexity index is 641. The third-order valence-electron chi connectivity index (χ3n) is 3.59. The number of benzene rings is 1. The van der Waals surface area contributed by atoms with Gasteiger partial charge in [0.25, 0.3) is 0 Å². The second-order valence-electron chi connectivity index (χ2n) is 5.46. The maximum atomic E-state index is 12.3. The van der Waals surface area contributed by atoms with Gasteiger partial charge in [-0.25, -0.2) is 17.9 Å². The highest BCUT2D eigenvalue weighted by Gasteiger charge is 2.21. The van der Waals surface area contributed by atoms with E-state index < -0.39 is 16.0 Å². The molecule has 1 unspecified atom stereocenters. The van der Waals surface area contributed by atoms with E-state index in [1.54, 1.807) is 6.92 Å². The Hall–Kier alpha value is -0.920. The van der Waals surface area contributed by atoms with E-state index in [-0.39, 0.29) is 16.4 Å². The van der Waals surface area contributed by atoms with Gasteiger partial charge in [-0.1, -0.05) is 36.7 Å². The van der Waals surface area contributed by atoms with E-state index >= 15 is 0 Å². The maximum absolute atomic E-state index is 12.3. The lowest BCUT2D eigenvalue weighted by atomic mass is 9.99. The summed E-state index contributed by atoms with van der Waals surface area (Å²) >= 11 is 3.21. The fourth-order valence-corrected chi connectivity index (χ4v) is 3.40. The zero-order valence-corrected chi connectivity index (χ0v) is 14.9. The van der Waals surface area contributed by atoms with Gasteiger partial charge in [0.2, 0.25) is 10.0 Å². The first-order valence-corrected chi connectivity index (χ1v) is 8.87. The van der Waals surface area contributed by atoms with Crippen molar-refractivity contribution in [3.05, 3.63) is 27.7 Å². The molecule has 0 saturated carbocycles. The number of hydrogen-bond donors (Lipinski definition) is 2. The van der Waals surface area contributed by atoms with Crippen molar-refractivity contribution < 1.29 is 18.3 Å². The lowest BCUT2D eigenvalue weighted by Gasteiger charge is -2.16. The van der Waals surface area contributed by atoms with Crippen LogP contribution in [-0.2, 0) is 10.0 Å². The lowest BCUT2D eigenvalue weighted by Crippen LogP contribution is -2.30. The summed E-state index contributed by atoms with van der Waals surface area (Å²) in [5.74, 6) is -0.611. The fraction of sp³-hybridized carbons (Fsp3) is 0.500. The summed E-state index contributed by atoms with van der Waals surface area (Å²) in [4.78, 5) is 11.1. The quantitative estimate of drug-likeness (QED) is 0.797. The van der Waals surface area contributed by atoms with E-state index in [9.17, 15) is 13.2 Å². The summed E-state index contributed by atoms with van der Waals surface area (Å²) in [5.41, 5.74) is 0.471. The molecule has 0 aliphatic heterocycles. The van der Waals surface area contributed by atoms with Crippen LogP contribution in [0.1, 0.15) is 36.7 Å². The number of aromatic carboxylic acids is 1. The second kappa shape index (κ2) is 6.89. The molecule has 0 spiro atoms. The topological polar surface area (TPSA) is 83.5 Å². The van der Waals surface area contributed by atoms with Gasteiger partial charge in [-0.15, -0.1) is 0 Å². The minimum Gasteiger partial charge on any atom is -0.478 e. The van der Waals surface area contributed by atoms with Gasteiger partial charge in [0.1, 0.15) is 0 Å². The fourth-order valence-electron chi connectivity index (χ4n) is 1.59. The average molecular weight is 378 g/mol. The number of carboxylic acids is 1. The summed E-state index contributed by atoms with van der Waals surface area (Å²) in [6, 6.07) is 2.61. The predicted octanol–water partition coefficient (Wildman–Crippen LogP) is 3.03. The van der Waals surface area contributed by atoms with Crippen LogP contribution in [0.25, 0.3) is 0 Å². The smallest absolute Gasteiger partial charge is 0.336 e. The van der Waals surface area contributed by atoms with Gasteiger partial charge in [0, 0.05) is 11.0 Å². The van der Waals surface area contributed by atoms with Crippen molar-refractivity contribution in [2.75, 3.05) is 6.54 Å². The highest BCUT2D eigenvalue weighted by molar-refractivity contribution is 9.10.